The molecule has 0 amide bonds. The van der Waals surface area contributed by atoms with Gasteiger partial charge in [0, 0.05) is 18.0 Å². The average Bonchev–Trinajstić information content (AvgIpc) is 2.54. The molecule has 1 N–H and O–H groups in total. The summed E-state index contributed by atoms with van der Waals surface area (Å²) in [7, 11) is 0. The van der Waals surface area contributed by atoms with Crippen LogP contribution < -0.4 is 4.90 Å². The maximum atomic E-state index is 11.5. The first-order valence-electron chi connectivity index (χ1n) is 7.16. The fourth-order valence-electron chi connectivity index (χ4n) is 2.07. The Labute approximate surface area is 138 Å². The van der Waals surface area contributed by atoms with Crippen molar-refractivity contribution in [3.63, 3.8) is 0 Å². The third-order valence-corrected chi connectivity index (χ3v) is 4.24. The molecule has 2 rings (SSSR count). The topological polar surface area (TPSA) is 92.4 Å². The summed E-state index contributed by atoms with van der Waals surface area (Å²) in [5, 5.41) is 21.0. The van der Waals surface area contributed by atoms with Gasteiger partial charge in [-0.25, -0.2) is 9.97 Å². The first-order valence-corrected chi connectivity index (χ1v) is 7.98. The zero-order valence-corrected chi connectivity index (χ0v) is 13.8. The third-order valence-electron chi connectivity index (χ3n) is 3.24. The zero-order valence-electron chi connectivity index (χ0n) is 13.0. The number of aliphatic hydroxyl groups is 1. The second kappa shape index (κ2) is 7.89. The van der Waals surface area contributed by atoms with Gasteiger partial charge in [-0.1, -0.05) is 29.5 Å². The van der Waals surface area contributed by atoms with Crippen molar-refractivity contribution in [3.05, 3.63) is 46.3 Å². The van der Waals surface area contributed by atoms with Crippen LogP contribution in [0.4, 0.5) is 11.5 Å². The molecule has 0 atom stereocenters. The fourth-order valence-corrected chi connectivity index (χ4v) is 2.93. The molecule has 0 spiro atoms. The molecule has 7 nitrogen and oxygen atoms in total. The second-order valence-electron chi connectivity index (χ2n) is 4.83. The number of likely N-dealkylation sites (N-methyl/N-ethyl adjacent to an activating group) is 1. The summed E-state index contributed by atoms with van der Waals surface area (Å²) in [6.45, 7) is 4.52. The second-order valence-corrected chi connectivity index (χ2v) is 5.89. The van der Waals surface area contributed by atoms with Crippen molar-refractivity contribution in [1.29, 1.82) is 0 Å². The molecule has 122 valence electrons. The minimum absolute atomic E-state index is 0.102. The van der Waals surface area contributed by atoms with E-state index < -0.39 is 4.92 Å². The first kappa shape index (κ1) is 17.2. The molecule has 1 heterocycles. The van der Waals surface area contributed by atoms with Crippen LogP contribution in [0.2, 0.25) is 0 Å². The van der Waals surface area contributed by atoms with Crippen molar-refractivity contribution in [2.24, 2.45) is 0 Å². The third kappa shape index (κ3) is 4.17. The lowest BCUT2D eigenvalue weighted by Gasteiger charge is -2.20. The highest BCUT2D eigenvalue weighted by Crippen LogP contribution is 2.37. The molecule has 0 saturated heterocycles. The standard InChI is InChI=1S/C15H18N4O3S/c1-3-18(8-9-20)14-13(19(21)22)15(17-10-16-14)23-12-6-4-11(2)5-7-12/h4-7,10,20H,3,8-9H2,1-2H3. The van der Waals surface area contributed by atoms with E-state index in [2.05, 4.69) is 9.97 Å². The lowest BCUT2D eigenvalue weighted by molar-refractivity contribution is -0.387. The Hall–Kier alpha value is -2.19. The molecule has 0 unspecified atom stereocenters. The number of hydrogen-bond donors (Lipinski definition) is 1. The Morgan fingerprint density at radius 3 is 2.57 bits per heavy atom. The Kier molecular flexibility index (Phi) is 5.89. The molecule has 23 heavy (non-hydrogen) atoms. The molecule has 0 fully saturated rings. The van der Waals surface area contributed by atoms with Crippen LogP contribution in [0, 0.1) is 17.0 Å². The van der Waals surface area contributed by atoms with Gasteiger partial charge in [-0.05, 0) is 26.0 Å². The number of benzene rings is 1. The van der Waals surface area contributed by atoms with Gasteiger partial charge < -0.3 is 10.0 Å². The summed E-state index contributed by atoms with van der Waals surface area (Å²) in [5.74, 6) is 0.233. The van der Waals surface area contributed by atoms with Gasteiger partial charge in [-0.3, -0.25) is 10.1 Å². The lowest BCUT2D eigenvalue weighted by Crippen LogP contribution is -2.28. The number of anilines is 1. The number of aromatic nitrogens is 2. The van der Waals surface area contributed by atoms with Gasteiger partial charge in [-0.2, -0.15) is 0 Å². The smallest absolute Gasteiger partial charge is 0.343 e. The first-order chi connectivity index (χ1) is 11.1. The highest BCUT2D eigenvalue weighted by Gasteiger charge is 2.26. The van der Waals surface area contributed by atoms with Gasteiger partial charge in [0.15, 0.2) is 5.03 Å². The van der Waals surface area contributed by atoms with Gasteiger partial charge in [0.05, 0.1) is 11.5 Å². The lowest BCUT2D eigenvalue weighted by atomic mass is 10.2. The van der Waals surface area contributed by atoms with E-state index in [4.69, 9.17) is 5.11 Å². The highest BCUT2D eigenvalue weighted by atomic mass is 32.2. The van der Waals surface area contributed by atoms with Crippen molar-refractivity contribution in [2.45, 2.75) is 23.8 Å². The molecule has 0 aliphatic rings. The Morgan fingerprint density at radius 1 is 1.30 bits per heavy atom. The van der Waals surface area contributed by atoms with Gasteiger partial charge in [0.2, 0.25) is 5.82 Å². The fraction of sp³-hybridized carbons (Fsp3) is 0.333. The molecule has 1 aromatic heterocycles. The number of nitrogens with zero attached hydrogens (tertiary/aromatic N) is 4. The van der Waals surface area contributed by atoms with Crippen LogP contribution in [0.15, 0.2) is 40.5 Å². The molecule has 0 aliphatic heterocycles. The van der Waals surface area contributed by atoms with Crippen LogP contribution >= 0.6 is 11.8 Å². The van der Waals surface area contributed by atoms with Crippen LogP contribution in [0.25, 0.3) is 0 Å². The van der Waals surface area contributed by atoms with E-state index in [-0.39, 0.29) is 24.7 Å². The summed E-state index contributed by atoms with van der Waals surface area (Å²) >= 11 is 1.23. The molecule has 8 heteroatoms. The average molecular weight is 334 g/mol. The number of aryl methyl sites for hydroxylation is 1. The minimum Gasteiger partial charge on any atom is -0.395 e. The van der Waals surface area contributed by atoms with Crippen LogP contribution in [-0.2, 0) is 0 Å². The minimum atomic E-state index is -0.466. The highest BCUT2D eigenvalue weighted by molar-refractivity contribution is 7.99. The SMILES string of the molecule is CCN(CCO)c1ncnc(Sc2ccc(C)cc2)c1[N+](=O)[O-]. The predicted octanol–water partition coefficient (Wildman–Crippen LogP) is 2.66. The normalized spacial score (nSPS) is 10.6. The van der Waals surface area contributed by atoms with Crippen molar-refractivity contribution in [3.8, 4) is 0 Å². The van der Waals surface area contributed by atoms with Crippen molar-refractivity contribution < 1.29 is 10.0 Å². The van der Waals surface area contributed by atoms with E-state index in [0.717, 1.165) is 10.5 Å². The summed E-state index contributed by atoms with van der Waals surface area (Å²) in [5.41, 5.74) is 0.987. The Bertz CT molecular complexity index is 679. The van der Waals surface area contributed by atoms with Gasteiger partial charge in [0.25, 0.3) is 0 Å². The maximum Gasteiger partial charge on any atom is 0.343 e. The number of aliphatic hydroxyl groups excluding tert-OH is 1. The number of hydrogen-bond acceptors (Lipinski definition) is 7. The molecule has 2 aromatic rings. The Balaban J connectivity index is 2.43. The molecule has 0 radical (unpaired) electrons. The summed E-state index contributed by atoms with van der Waals surface area (Å²) in [6, 6.07) is 7.69. The Morgan fingerprint density at radius 2 is 2.00 bits per heavy atom. The maximum absolute atomic E-state index is 11.5. The van der Waals surface area contributed by atoms with E-state index in [0.29, 0.717) is 11.6 Å². The van der Waals surface area contributed by atoms with E-state index in [1.54, 1.807) is 4.90 Å². The number of rotatable bonds is 7. The summed E-state index contributed by atoms with van der Waals surface area (Å²) < 4.78 is 0. The van der Waals surface area contributed by atoms with Crippen LogP contribution in [0.1, 0.15) is 12.5 Å². The van der Waals surface area contributed by atoms with E-state index in [9.17, 15) is 10.1 Å². The van der Waals surface area contributed by atoms with E-state index in [1.165, 1.54) is 18.1 Å². The number of nitro groups is 1. The van der Waals surface area contributed by atoms with Crippen molar-refractivity contribution >= 4 is 23.3 Å². The van der Waals surface area contributed by atoms with Gasteiger partial charge >= 0.3 is 5.69 Å². The molecular formula is C15H18N4O3S. The largest absolute Gasteiger partial charge is 0.395 e. The van der Waals surface area contributed by atoms with Crippen LogP contribution in [0.3, 0.4) is 0 Å². The van der Waals surface area contributed by atoms with Crippen LogP contribution in [-0.4, -0.2) is 39.7 Å². The van der Waals surface area contributed by atoms with Crippen molar-refractivity contribution in [1.82, 2.24) is 9.97 Å². The van der Waals surface area contributed by atoms with E-state index in [1.807, 2.05) is 38.1 Å². The molecule has 0 aliphatic carbocycles. The van der Waals surface area contributed by atoms with Gasteiger partial charge in [0.1, 0.15) is 6.33 Å². The molecule has 0 bridgehead atoms. The van der Waals surface area contributed by atoms with Crippen LogP contribution in [0.5, 0.6) is 0 Å². The van der Waals surface area contributed by atoms with E-state index >= 15 is 0 Å². The molecule has 1 aromatic carbocycles. The quantitative estimate of drug-likeness (QED) is 0.473. The molecular weight excluding hydrogens is 316 g/mol. The monoisotopic (exact) mass is 334 g/mol. The summed E-state index contributed by atoms with van der Waals surface area (Å²) in [6.07, 6.45) is 1.32. The van der Waals surface area contributed by atoms with Gasteiger partial charge in [-0.15, -0.1) is 0 Å². The predicted molar refractivity (Wildman–Crippen MR) is 89.0 cm³/mol. The molecule has 0 saturated carbocycles. The zero-order chi connectivity index (χ0) is 16.8. The van der Waals surface area contributed by atoms with Crippen molar-refractivity contribution in [2.75, 3.05) is 24.6 Å². The summed E-state index contributed by atoms with van der Waals surface area (Å²) in [4.78, 5) is 21.7.